The molecular formula is C26H43N3O. The third kappa shape index (κ3) is 6.61. The van der Waals surface area contributed by atoms with Gasteiger partial charge in [-0.25, -0.2) is 0 Å². The number of methoxy groups -OCH3 is 1. The number of hydrogen-bond donors (Lipinski definition) is 2. The first kappa shape index (κ1) is 24.5. The summed E-state index contributed by atoms with van der Waals surface area (Å²) >= 11 is 0. The molecule has 0 spiro atoms. The van der Waals surface area contributed by atoms with Crippen LogP contribution in [-0.4, -0.2) is 37.7 Å². The Bertz CT molecular complexity index is 702. The third-order valence-corrected chi connectivity index (χ3v) is 5.91. The van der Waals surface area contributed by atoms with Gasteiger partial charge in [-0.1, -0.05) is 52.7 Å². The minimum absolute atomic E-state index is 0.201. The van der Waals surface area contributed by atoms with E-state index in [4.69, 9.17) is 10.5 Å². The average molecular weight is 414 g/mol. The van der Waals surface area contributed by atoms with Gasteiger partial charge in [-0.15, -0.1) is 0 Å². The van der Waals surface area contributed by atoms with Gasteiger partial charge in [-0.05, 0) is 79.4 Å². The normalized spacial score (nSPS) is 19.5. The van der Waals surface area contributed by atoms with E-state index in [1.54, 1.807) is 7.11 Å². The first-order chi connectivity index (χ1) is 14.6. The molecule has 3 N–H and O–H groups in total. The molecule has 1 saturated heterocycles. The van der Waals surface area contributed by atoms with Crippen molar-refractivity contribution in [1.82, 2.24) is 10.2 Å². The summed E-state index contributed by atoms with van der Waals surface area (Å²) in [5.74, 6) is 1.04. The fourth-order valence-corrected chi connectivity index (χ4v) is 4.36. The van der Waals surface area contributed by atoms with Gasteiger partial charge in [0.2, 0.25) is 0 Å². The molecule has 1 aromatic carbocycles. The van der Waals surface area contributed by atoms with Gasteiger partial charge in [-0.3, -0.25) is 4.90 Å². The van der Waals surface area contributed by atoms with Crippen molar-refractivity contribution >= 4 is 0 Å². The molecule has 1 atom stereocenters. The van der Waals surface area contributed by atoms with E-state index in [-0.39, 0.29) is 6.04 Å². The van der Waals surface area contributed by atoms with Crippen molar-refractivity contribution < 1.29 is 4.74 Å². The second kappa shape index (κ2) is 12.8. The Morgan fingerprint density at radius 1 is 1.10 bits per heavy atom. The van der Waals surface area contributed by atoms with Gasteiger partial charge in [0.05, 0.1) is 13.2 Å². The fraction of sp³-hybridized carbons (Fsp3) is 0.615. The van der Waals surface area contributed by atoms with E-state index in [2.05, 4.69) is 54.5 Å². The Morgan fingerprint density at radius 2 is 1.80 bits per heavy atom. The highest BCUT2D eigenvalue weighted by Crippen LogP contribution is 2.31. The molecule has 0 amide bonds. The number of likely N-dealkylation sites (tertiary alicyclic amines) is 1. The number of ether oxygens (including phenoxy) is 1. The number of dihydropyridines is 1. The molecular weight excluding hydrogens is 370 g/mol. The van der Waals surface area contributed by atoms with Crippen molar-refractivity contribution in [2.24, 2.45) is 5.73 Å². The standard InChI is InChI=1S/C24H37N3O.C2H6/c1-4-6-19-15-20(16-24(28-3)22(19)7-5-2)23-14-18(8-11-26-23)17-27-12-9-21(25)10-13-27;1-2/h8,11,14-16,21,23,26H,4-7,9-10,12-13,17,25H2,1-3H3;1-2H3. The molecule has 0 bridgehead atoms. The number of piperidine rings is 1. The van der Waals surface area contributed by atoms with E-state index >= 15 is 0 Å². The van der Waals surface area contributed by atoms with Gasteiger partial charge < -0.3 is 15.8 Å². The minimum atomic E-state index is 0.201. The number of nitrogens with zero attached hydrogens (tertiary/aromatic N) is 1. The van der Waals surface area contributed by atoms with Crippen LogP contribution < -0.4 is 15.8 Å². The van der Waals surface area contributed by atoms with E-state index < -0.39 is 0 Å². The third-order valence-electron chi connectivity index (χ3n) is 5.91. The quantitative estimate of drug-likeness (QED) is 0.620. The van der Waals surface area contributed by atoms with Crippen LogP contribution in [0, 0.1) is 0 Å². The first-order valence-corrected chi connectivity index (χ1v) is 12.0. The second-order valence-electron chi connectivity index (χ2n) is 8.19. The van der Waals surface area contributed by atoms with Gasteiger partial charge in [0.25, 0.3) is 0 Å². The highest BCUT2D eigenvalue weighted by molar-refractivity contribution is 5.47. The SMILES string of the molecule is CC.CCCc1cc(C2C=C(CN3CCC(N)CC3)C=CN2)cc(OC)c1CCC. The Labute approximate surface area is 184 Å². The van der Waals surface area contributed by atoms with Crippen molar-refractivity contribution in [3.05, 3.63) is 52.7 Å². The van der Waals surface area contributed by atoms with Crippen LogP contribution in [0.4, 0.5) is 0 Å². The van der Waals surface area contributed by atoms with Crippen LogP contribution in [0.3, 0.4) is 0 Å². The van der Waals surface area contributed by atoms with E-state index in [0.717, 1.165) is 63.9 Å². The largest absolute Gasteiger partial charge is 0.496 e. The molecule has 3 rings (SSSR count). The van der Waals surface area contributed by atoms with Gasteiger partial charge in [0.1, 0.15) is 5.75 Å². The van der Waals surface area contributed by atoms with Crippen LogP contribution in [0.5, 0.6) is 5.75 Å². The van der Waals surface area contributed by atoms with Crippen LogP contribution in [0.25, 0.3) is 0 Å². The number of benzene rings is 1. The maximum absolute atomic E-state index is 6.05. The van der Waals surface area contributed by atoms with Crippen LogP contribution in [0.1, 0.15) is 76.1 Å². The highest BCUT2D eigenvalue weighted by Gasteiger charge is 2.20. The van der Waals surface area contributed by atoms with E-state index in [1.165, 1.54) is 22.3 Å². The summed E-state index contributed by atoms with van der Waals surface area (Å²) in [5.41, 5.74) is 11.6. The number of aryl methyl sites for hydroxylation is 1. The summed E-state index contributed by atoms with van der Waals surface area (Å²) < 4.78 is 5.79. The summed E-state index contributed by atoms with van der Waals surface area (Å²) in [4.78, 5) is 2.52. The molecule has 1 aromatic rings. The maximum Gasteiger partial charge on any atom is 0.122 e. The fourth-order valence-electron chi connectivity index (χ4n) is 4.36. The summed E-state index contributed by atoms with van der Waals surface area (Å²) in [5, 5.41) is 3.53. The first-order valence-electron chi connectivity index (χ1n) is 12.0. The molecule has 4 nitrogen and oxygen atoms in total. The maximum atomic E-state index is 6.05. The van der Waals surface area contributed by atoms with Gasteiger partial charge in [0.15, 0.2) is 0 Å². The lowest BCUT2D eigenvalue weighted by atomic mass is 9.92. The van der Waals surface area contributed by atoms with E-state index in [1.807, 2.05) is 13.8 Å². The number of nitrogens with two attached hydrogens (primary N) is 1. The second-order valence-corrected chi connectivity index (χ2v) is 8.19. The van der Waals surface area contributed by atoms with Crippen molar-refractivity contribution in [2.75, 3.05) is 26.7 Å². The predicted octanol–water partition coefficient (Wildman–Crippen LogP) is 5.13. The minimum Gasteiger partial charge on any atom is -0.496 e. The lowest BCUT2D eigenvalue weighted by Gasteiger charge is -2.31. The predicted molar refractivity (Wildman–Crippen MR) is 129 cm³/mol. The Balaban J connectivity index is 0.00000155. The van der Waals surface area contributed by atoms with E-state index in [0.29, 0.717) is 6.04 Å². The van der Waals surface area contributed by atoms with Crippen LogP contribution >= 0.6 is 0 Å². The molecule has 0 aromatic heterocycles. The lowest BCUT2D eigenvalue weighted by molar-refractivity contribution is 0.230. The molecule has 0 aliphatic carbocycles. The van der Waals surface area contributed by atoms with Crippen molar-refractivity contribution in [3.8, 4) is 5.75 Å². The highest BCUT2D eigenvalue weighted by atomic mass is 16.5. The molecule has 1 fully saturated rings. The molecule has 2 aliphatic rings. The lowest BCUT2D eigenvalue weighted by Crippen LogP contribution is -2.40. The van der Waals surface area contributed by atoms with Crippen molar-refractivity contribution in [1.29, 1.82) is 0 Å². The van der Waals surface area contributed by atoms with Crippen molar-refractivity contribution in [2.45, 2.75) is 78.3 Å². The smallest absolute Gasteiger partial charge is 0.122 e. The van der Waals surface area contributed by atoms with Crippen LogP contribution in [-0.2, 0) is 12.8 Å². The Kier molecular flexibility index (Phi) is 10.5. The summed E-state index contributed by atoms with van der Waals surface area (Å²) in [6, 6.07) is 5.21. The Morgan fingerprint density at radius 3 is 2.43 bits per heavy atom. The number of hydrogen-bond acceptors (Lipinski definition) is 4. The zero-order valence-electron chi connectivity index (χ0n) is 19.8. The van der Waals surface area contributed by atoms with Gasteiger partial charge in [-0.2, -0.15) is 0 Å². The summed E-state index contributed by atoms with van der Waals surface area (Å²) in [6.45, 7) is 11.7. The molecule has 4 heteroatoms. The zero-order chi connectivity index (χ0) is 21.9. The van der Waals surface area contributed by atoms with Gasteiger partial charge >= 0.3 is 0 Å². The summed E-state index contributed by atoms with van der Waals surface area (Å²) in [7, 11) is 1.80. The van der Waals surface area contributed by atoms with Crippen molar-refractivity contribution in [3.63, 3.8) is 0 Å². The Hall–Kier alpha value is -1.78. The molecule has 30 heavy (non-hydrogen) atoms. The molecule has 2 aliphatic heterocycles. The molecule has 0 saturated carbocycles. The molecule has 168 valence electrons. The van der Waals surface area contributed by atoms with Crippen LogP contribution in [0.15, 0.2) is 36.1 Å². The van der Waals surface area contributed by atoms with Crippen LogP contribution in [0.2, 0.25) is 0 Å². The number of nitrogens with one attached hydrogen (secondary N) is 1. The monoisotopic (exact) mass is 413 g/mol. The van der Waals surface area contributed by atoms with E-state index in [9.17, 15) is 0 Å². The zero-order valence-corrected chi connectivity index (χ0v) is 19.8. The molecule has 0 radical (unpaired) electrons. The molecule has 1 unspecified atom stereocenters. The topological polar surface area (TPSA) is 50.5 Å². The average Bonchev–Trinajstić information content (AvgIpc) is 2.78. The molecule has 2 heterocycles. The van der Waals surface area contributed by atoms with Gasteiger partial charge in [0, 0.05) is 12.6 Å². The summed E-state index contributed by atoms with van der Waals surface area (Å²) in [6.07, 6.45) is 13.4. The number of rotatable bonds is 8.